The van der Waals surface area contributed by atoms with E-state index in [9.17, 15) is 0 Å². The molecule has 0 amide bonds. The lowest BCUT2D eigenvalue weighted by molar-refractivity contribution is 0.397. The average Bonchev–Trinajstić information content (AvgIpc) is 2.97. The van der Waals surface area contributed by atoms with Crippen molar-refractivity contribution in [1.29, 1.82) is 0 Å². The van der Waals surface area contributed by atoms with E-state index in [1.54, 1.807) is 14.2 Å². The van der Waals surface area contributed by atoms with Crippen molar-refractivity contribution in [2.24, 2.45) is 4.99 Å². The van der Waals surface area contributed by atoms with E-state index in [0.717, 1.165) is 11.5 Å². The minimum absolute atomic E-state index is 0. The number of nitrogens with zero attached hydrogens (tertiary/aromatic N) is 2. The summed E-state index contributed by atoms with van der Waals surface area (Å²) >= 11 is 0. The van der Waals surface area contributed by atoms with Crippen molar-refractivity contribution in [2.75, 3.05) is 14.2 Å². The lowest BCUT2D eigenvalue weighted by Gasteiger charge is -2.16. The van der Waals surface area contributed by atoms with Gasteiger partial charge in [0.05, 0.1) is 7.11 Å². The van der Waals surface area contributed by atoms with Crippen molar-refractivity contribution in [3.05, 3.63) is 23.9 Å². The Labute approximate surface area is 137 Å². The first kappa shape index (κ1) is 17.0. The normalized spacial score (nSPS) is 15.6. The standard InChI is InChI=1S/C14H22N4O.HI/c1-15-14(18-12-5-3-4-6-12)17-10-11-7-8-13(19-2)16-9-11;/h7-9,12H,3-6,10H2,1-2H3,(H2,15,17,18);1H. The van der Waals surface area contributed by atoms with Gasteiger partial charge in [-0.3, -0.25) is 4.99 Å². The average molecular weight is 390 g/mol. The number of rotatable bonds is 4. The van der Waals surface area contributed by atoms with Crippen molar-refractivity contribution in [3.63, 3.8) is 0 Å². The Bertz CT molecular complexity index is 416. The maximum atomic E-state index is 5.04. The third kappa shape index (κ3) is 5.15. The van der Waals surface area contributed by atoms with Gasteiger partial charge in [-0.05, 0) is 18.4 Å². The van der Waals surface area contributed by atoms with Gasteiger partial charge in [0, 0.05) is 31.9 Å². The molecule has 0 radical (unpaired) electrons. The molecule has 0 aliphatic heterocycles. The van der Waals surface area contributed by atoms with Crippen LogP contribution in [0.4, 0.5) is 0 Å². The zero-order chi connectivity index (χ0) is 13.5. The molecule has 1 aromatic rings. The number of aromatic nitrogens is 1. The molecule has 1 fully saturated rings. The van der Waals surface area contributed by atoms with E-state index in [-0.39, 0.29) is 24.0 Å². The van der Waals surface area contributed by atoms with E-state index in [2.05, 4.69) is 20.6 Å². The molecule has 1 heterocycles. The number of ether oxygens (including phenoxy) is 1. The van der Waals surface area contributed by atoms with Crippen LogP contribution in [0.25, 0.3) is 0 Å². The van der Waals surface area contributed by atoms with E-state index in [1.807, 2.05) is 18.3 Å². The Hall–Kier alpha value is -1.05. The number of aliphatic imine (C=N–C) groups is 1. The van der Waals surface area contributed by atoms with Crippen LogP contribution in [0.1, 0.15) is 31.2 Å². The molecular formula is C14H23IN4O. The minimum atomic E-state index is 0. The third-order valence-corrected chi connectivity index (χ3v) is 3.39. The molecule has 0 spiro atoms. The van der Waals surface area contributed by atoms with Crippen LogP contribution in [0, 0.1) is 0 Å². The molecule has 0 unspecified atom stereocenters. The summed E-state index contributed by atoms with van der Waals surface area (Å²) in [5.74, 6) is 1.50. The molecule has 0 saturated heterocycles. The first-order chi connectivity index (χ1) is 9.31. The fourth-order valence-electron chi connectivity index (χ4n) is 2.28. The Kier molecular flexibility index (Phi) is 7.64. The summed E-state index contributed by atoms with van der Waals surface area (Å²) in [7, 11) is 3.42. The lowest BCUT2D eigenvalue weighted by Crippen LogP contribution is -2.41. The highest BCUT2D eigenvalue weighted by molar-refractivity contribution is 14.0. The molecule has 112 valence electrons. The lowest BCUT2D eigenvalue weighted by atomic mass is 10.2. The zero-order valence-corrected chi connectivity index (χ0v) is 14.4. The Morgan fingerprint density at radius 1 is 1.40 bits per heavy atom. The van der Waals surface area contributed by atoms with Crippen molar-refractivity contribution in [2.45, 2.75) is 38.3 Å². The van der Waals surface area contributed by atoms with E-state index < -0.39 is 0 Å². The molecule has 1 aliphatic rings. The maximum Gasteiger partial charge on any atom is 0.212 e. The number of pyridine rings is 1. The Morgan fingerprint density at radius 2 is 2.15 bits per heavy atom. The number of hydrogen-bond donors (Lipinski definition) is 2. The topological polar surface area (TPSA) is 58.5 Å². The molecule has 0 bridgehead atoms. The number of guanidine groups is 1. The van der Waals surface area contributed by atoms with E-state index >= 15 is 0 Å². The molecule has 1 aliphatic carbocycles. The van der Waals surface area contributed by atoms with Gasteiger partial charge in [0.1, 0.15) is 0 Å². The summed E-state index contributed by atoms with van der Waals surface area (Å²) in [4.78, 5) is 8.43. The van der Waals surface area contributed by atoms with E-state index in [4.69, 9.17) is 4.74 Å². The highest BCUT2D eigenvalue weighted by atomic mass is 127. The second-order valence-corrected chi connectivity index (χ2v) is 4.76. The van der Waals surface area contributed by atoms with Gasteiger partial charge in [-0.1, -0.05) is 18.9 Å². The first-order valence-corrected chi connectivity index (χ1v) is 6.78. The molecule has 2 rings (SSSR count). The van der Waals surface area contributed by atoms with Gasteiger partial charge in [0.2, 0.25) is 5.88 Å². The molecule has 1 saturated carbocycles. The largest absolute Gasteiger partial charge is 0.481 e. The van der Waals surface area contributed by atoms with E-state index in [1.165, 1.54) is 25.7 Å². The monoisotopic (exact) mass is 390 g/mol. The van der Waals surface area contributed by atoms with Crippen molar-refractivity contribution >= 4 is 29.9 Å². The molecule has 0 aromatic carbocycles. The summed E-state index contributed by atoms with van der Waals surface area (Å²) in [6.45, 7) is 0.712. The van der Waals surface area contributed by atoms with Crippen LogP contribution in [0.2, 0.25) is 0 Å². The van der Waals surface area contributed by atoms with Gasteiger partial charge in [-0.25, -0.2) is 4.98 Å². The summed E-state index contributed by atoms with van der Waals surface area (Å²) in [6.07, 6.45) is 6.93. The SMILES string of the molecule is CN=C(NCc1ccc(OC)nc1)NC1CCCC1.I. The minimum Gasteiger partial charge on any atom is -0.481 e. The summed E-state index contributed by atoms with van der Waals surface area (Å²) in [6, 6.07) is 4.44. The van der Waals surface area contributed by atoms with Crippen LogP contribution in [0.15, 0.2) is 23.3 Å². The number of methoxy groups -OCH3 is 1. The number of nitrogens with one attached hydrogen (secondary N) is 2. The Balaban J connectivity index is 0.00000200. The zero-order valence-electron chi connectivity index (χ0n) is 12.1. The fraction of sp³-hybridized carbons (Fsp3) is 0.571. The summed E-state index contributed by atoms with van der Waals surface area (Å²) < 4.78 is 5.04. The highest BCUT2D eigenvalue weighted by Crippen LogP contribution is 2.17. The number of hydrogen-bond acceptors (Lipinski definition) is 3. The van der Waals surface area contributed by atoms with Crippen molar-refractivity contribution < 1.29 is 4.74 Å². The molecule has 1 aromatic heterocycles. The predicted octanol–water partition coefficient (Wildman–Crippen LogP) is 2.32. The third-order valence-electron chi connectivity index (χ3n) is 3.39. The smallest absolute Gasteiger partial charge is 0.212 e. The van der Waals surface area contributed by atoms with Crippen molar-refractivity contribution in [3.8, 4) is 5.88 Å². The van der Waals surface area contributed by atoms with Crippen LogP contribution in [0.3, 0.4) is 0 Å². The highest BCUT2D eigenvalue weighted by Gasteiger charge is 2.15. The second kappa shape index (κ2) is 8.99. The van der Waals surface area contributed by atoms with Gasteiger partial charge in [0.25, 0.3) is 0 Å². The summed E-state index contributed by atoms with van der Waals surface area (Å²) in [5, 5.41) is 6.76. The van der Waals surface area contributed by atoms with Crippen LogP contribution in [0.5, 0.6) is 5.88 Å². The van der Waals surface area contributed by atoms with Gasteiger partial charge < -0.3 is 15.4 Å². The molecule has 5 nitrogen and oxygen atoms in total. The van der Waals surface area contributed by atoms with Gasteiger partial charge in [0.15, 0.2) is 5.96 Å². The van der Waals surface area contributed by atoms with Crippen LogP contribution < -0.4 is 15.4 Å². The van der Waals surface area contributed by atoms with Gasteiger partial charge in [-0.2, -0.15) is 0 Å². The van der Waals surface area contributed by atoms with Gasteiger partial charge in [-0.15, -0.1) is 24.0 Å². The van der Waals surface area contributed by atoms with Crippen LogP contribution in [-0.4, -0.2) is 31.1 Å². The molecular weight excluding hydrogens is 367 g/mol. The van der Waals surface area contributed by atoms with Gasteiger partial charge >= 0.3 is 0 Å². The maximum absolute atomic E-state index is 5.04. The fourth-order valence-corrected chi connectivity index (χ4v) is 2.28. The molecule has 6 heteroatoms. The first-order valence-electron chi connectivity index (χ1n) is 6.78. The molecule has 0 atom stereocenters. The number of halogens is 1. The predicted molar refractivity (Wildman–Crippen MR) is 91.8 cm³/mol. The second-order valence-electron chi connectivity index (χ2n) is 4.76. The van der Waals surface area contributed by atoms with Crippen molar-refractivity contribution in [1.82, 2.24) is 15.6 Å². The molecule has 20 heavy (non-hydrogen) atoms. The molecule has 2 N–H and O–H groups in total. The Morgan fingerprint density at radius 3 is 2.70 bits per heavy atom. The quantitative estimate of drug-likeness (QED) is 0.471. The van der Waals surface area contributed by atoms with E-state index in [0.29, 0.717) is 18.5 Å². The summed E-state index contributed by atoms with van der Waals surface area (Å²) in [5.41, 5.74) is 1.11. The van der Waals surface area contributed by atoms with Crippen LogP contribution in [-0.2, 0) is 6.54 Å². The van der Waals surface area contributed by atoms with Crippen LogP contribution >= 0.6 is 24.0 Å².